The van der Waals surface area contributed by atoms with Crippen molar-refractivity contribution in [2.24, 2.45) is 5.41 Å². The molecule has 106 valence electrons. The number of carbonyl (C=O) groups is 1. The third-order valence-electron chi connectivity index (χ3n) is 2.89. The molecule has 0 saturated carbocycles. The number of aryl methyl sites for hydroxylation is 1. The van der Waals surface area contributed by atoms with Crippen molar-refractivity contribution in [1.82, 2.24) is 20.2 Å². The Kier molecular flexibility index (Phi) is 4.23. The number of thioether (sulfide) groups is 1. The summed E-state index contributed by atoms with van der Waals surface area (Å²) < 4.78 is 1.65. The van der Waals surface area contributed by atoms with Gasteiger partial charge in [-0.05, 0) is 29.5 Å². The first kappa shape index (κ1) is 14.7. The van der Waals surface area contributed by atoms with Gasteiger partial charge < -0.3 is 0 Å². The molecule has 0 aliphatic rings. The molecule has 2 rings (SSSR count). The van der Waals surface area contributed by atoms with Crippen LogP contribution in [0.1, 0.15) is 26.3 Å². The minimum atomic E-state index is -0.338. The maximum Gasteiger partial charge on any atom is 0.214 e. The van der Waals surface area contributed by atoms with E-state index in [0.717, 1.165) is 5.69 Å². The summed E-state index contributed by atoms with van der Waals surface area (Å²) in [5.74, 6) is 0.552. The van der Waals surface area contributed by atoms with E-state index in [9.17, 15) is 4.79 Å². The lowest BCUT2D eigenvalue weighted by Crippen LogP contribution is -2.22. The van der Waals surface area contributed by atoms with Crippen molar-refractivity contribution in [3.05, 3.63) is 29.8 Å². The van der Waals surface area contributed by atoms with Gasteiger partial charge in [0.25, 0.3) is 0 Å². The van der Waals surface area contributed by atoms with Crippen molar-refractivity contribution >= 4 is 17.5 Å². The Bertz CT molecular complexity index is 598. The van der Waals surface area contributed by atoms with E-state index in [2.05, 4.69) is 15.5 Å². The summed E-state index contributed by atoms with van der Waals surface area (Å²) in [6.45, 7) is 7.78. The molecule has 0 bridgehead atoms. The first-order valence-electron chi connectivity index (χ1n) is 6.39. The van der Waals surface area contributed by atoms with E-state index in [-0.39, 0.29) is 11.2 Å². The number of hydrogen-bond acceptors (Lipinski definition) is 5. The minimum absolute atomic E-state index is 0.181. The van der Waals surface area contributed by atoms with E-state index in [0.29, 0.717) is 10.9 Å². The average molecular weight is 290 g/mol. The van der Waals surface area contributed by atoms with Gasteiger partial charge in [0.2, 0.25) is 5.16 Å². The Balaban J connectivity index is 2.13. The zero-order valence-electron chi connectivity index (χ0n) is 12.1. The zero-order valence-corrected chi connectivity index (χ0v) is 12.9. The average Bonchev–Trinajstić information content (AvgIpc) is 2.84. The van der Waals surface area contributed by atoms with Gasteiger partial charge in [0, 0.05) is 5.41 Å². The molecule has 0 amide bonds. The number of benzene rings is 1. The third-order valence-corrected chi connectivity index (χ3v) is 3.81. The molecule has 0 unspecified atom stereocenters. The van der Waals surface area contributed by atoms with Crippen LogP contribution in [0.25, 0.3) is 5.69 Å². The molecule has 0 saturated heterocycles. The van der Waals surface area contributed by atoms with Crippen LogP contribution in [0.15, 0.2) is 29.4 Å². The quantitative estimate of drug-likeness (QED) is 0.810. The minimum Gasteiger partial charge on any atom is -0.298 e. The third kappa shape index (κ3) is 3.45. The van der Waals surface area contributed by atoms with Crippen LogP contribution in [0.4, 0.5) is 0 Å². The van der Waals surface area contributed by atoms with Crippen LogP contribution in [0.2, 0.25) is 0 Å². The number of ketones is 1. The molecule has 0 atom stereocenters. The number of Topliss-reactive ketones (excluding diaryl/α,β-unsaturated/α-hetero) is 1. The monoisotopic (exact) mass is 290 g/mol. The molecular formula is C14H18N4OS. The largest absolute Gasteiger partial charge is 0.298 e. The maximum absolute atomic E-state index is 12.0. The van der Waals surface area contributed by atoms with E-state index < -0.39 is 0 Å². The second-order valence-electron chi connectivity index (χ2n) is 5.67. The highest BCUT2D eigenvalue weighted by molar-refractivity contribution is 7.99. The van der Waals surface area contributed by atoms with Crippen molar-refractivity contribution in [3.63, 3.8) is 0 Å². The van der Waals surface area contributed by atoms with E-state index >= 15 is 0 Å². The lowest BCUT2D eigenvalue weighted by atomic mass is 9.92. The van der Waals surface area contributed by atoms with Crippen LogP contribution >= 0.6 is 11.8 Å². The number of carbonyl (C=O) groups excluding carboxylic acids is 1. The van der Waals surface area contributed by atoms with Crippen molar-refractivity contribution in [1.29, 1.82) is 0 Å². The number of aromatic nitrogens is 4. The van der Waals surface area contributed by atoms with Crippen molar-refractivity contribution in [3.8, 4) is 5.69 Å². The molecule has 0 aliphatic carbocycles. The molecule has 0 N–H and O–H groups in total. The van der Waals surface area contributed by atoms with E-state index in [1.165, 1.54) is 17.3 Å². The molecular weight excluding hydrogens is 272 g/mol. The molecule has 1 heterocycles. The summed E-state index contributed by atoms with van der Waals surface area (Å²) in [5, 5.41) is 12.3. The molecule has 0 spiro atoms. The second-order valence-corrected chi connectivity index (χ2v) is 6.61. The van der Waals surface area contributed by atoms with Gasteiger partial charge in [-0.15, -0.1) is 5.10 Å². The lowest BCUT2D eigenvalue weighted by molar-refractivity contribution is -0.123. The summed E-state index contributed by atoms with van der Waals surface area (Å²) in [6, 6.07) is 7.93. The molecule has 0 radical (unpaired) electrons. The van der Waals surface area contributed by atoms with E-state index in [1.807, 2.05) is 52.0 Å². The van der Waals surface area contributed by atoms with Crippen LogP contribution in [0.3, 0.4) is 0 Å². The number of tetrazole rings is 1. The van der Waals surface area contributed by atoms with Gasteiger partial charge in [-0.3, -0.25) is 4.79 Å². The van der Waals surface area contributed by atoms with Crippen LogP contribution in [-0.2, 0) is 4.79 Å². The van der Waals surface area contributed by atoms with Crippen LogP contribution in [0, 0.1) is 12.3 Å². The van der Waals surface area contributed by atoms with Gasteiger partial charge in [-0.1, -0.05) is 50.2 Å². The Morgan fingerprint density at radius 3 is 2.50 bits per heavy atom. The molecule has 20 heavy (non-hydrogen) atoms. The fraction of sp³-hybridized carbons (Fsp3) is 0.429. The second kappa shape index (κ2) is 5.75. The van der Waals surface area contributed by atoms with Gasteiger partial charge in [0.05, 0.1) is 11.4 Å². The van der Waals surface area contributed by atoms with Crippen molar-refractivity contribution in [2.75, 3.05) is 5.75 Å². The predicted octanol–water partition coefficient (Wildman–Crippen LogP) is 2.68. The normalized spacial score (nSPS) is 11.6. The van der Waals surface area contributed by atoms with Crippen LogP contribution in [0.5, 0.6) is 0 Å². The zero-order chi connectivity index (χ0) is 14.8. The first-order valence-corrected chi connectivity index (χ1v) is 7.38. The molecule has 1 aromatic heterocycles. The summed E-state index contributed by atoms with van der Waals surface area (Å²) in [5.41, 5.74) is 1.74. The van der Waals surface area contributed by atoms with Crippen LogP contribution < -0.4 is 0 Å². The first-order chi connectivity index (χ1) is 9.38. The highest BCUT2D eigenvalue weighted by Crippen LogP contribution is 2.23. The summed E-state index contributed by atoms with van der Waals surface area (Å²) >= 11 is 1.37. The number of hydrogen-bond donors (Lipinski definition) is 0. The SMILES string of the molecule is Cc1ccc(-n2nnnc2SCC(=O)C(C)(C)C)cc1. The molecule has 0 aliphatic heterocycles. The highest BCUT2D eigenvalue weighted by Gasteiger charge is 2.22. The van der Waals surface area contributed by atoms with Gasteiger partial charge in [0.15, 0.2) is 0 Å². The molecule has 0 fully saturated rings. The predicted molar refractivity (Wildman–Crippen MR) is 79.1 cm³/mol. The van der Waals surface area contributed by atoms with Gasteiger partial charge in [0.1, 0.15) is 5.78 Å². The topological polar surface area (TPSA) is 60.7 Å². The standard InChI is InChI=1S/C14H18N4OS/c1-10-5-7-11(8-6-10)18-13(15-16-17-18)20-9-12(19)14(2,3)4/h5-8H,9H2,1-4H3. The molecule has 6 heteroatoms. The smallest absolute Gasteiger partial charge is 0.214 e. The lowest BCUT2D eigenvalue weighted by Gasteiger charge is -2.15. The summed E-state index contributed by atoms with van der Waals surface area (Å²) in [4.78, 5) is 12.0. The molecule has 2 aromatic rings. The highest BCUT2D eigenvalue weighted by atomic mass is 32.2. The Morgan fingerprint density at radius 2 is 1.90 bits per heavy atom. The summed E-state index contributed by atoms with van der Waals surface area (Å²) in [6.07, 6.45) is 0. The van der Waals surface area contributed by atoms with E-state index in [1.54, 1.807) is 4.68 Å². The van der Waals surface area contributed by atoms with Crippen LogP contribution in [-0.4, -0.2) is 31.7 Å². The van der Waals surface area contributed by atoms with Gasteiger partial charge in [-0.25, -0.2) is 0 Å². The molecule has 1 aromatic carbocycles. The fourth-order valence-corrected chi connectivity index (χ4v) is 2.52. The Hall–Kier alpha value is -1.69. The fourth-order valence-electron chi connectivity index (χ4n) is 1.46. The van der Waals surface area contributed by atoms with Crippen molar-refractivity contribution in [2.45, 2.75) is 32.9 Å². The maximum atomic E-state index is 12.0. The van der Waals surface area contributed by atoms with Gasteiger partial charge in [-0.2, -0.15) is 4.68 Å². The number of nitrogens with zero attached hydrogens (tertiary/aromatic N) is 4. The van der Waals surface area contributed by atoms with E-state index in [4.69, 9.17) is 0 Å². The van der Waals surface area contributed by atoms with Gasteiger partial charge >= 0.3 is 0 Å². The number of rotatable bonds is 4. The Labute approximate surface area is 122 Å². The Morgan fingerprint density at radius 1 is 1.25 bits per heavy atom. The van der Waals surface area contributed by atoms with Crippen molar-refractivity contribution < 1.29 is 4.79 Å². The molecule has 5 nitrogen and oxygen atoms in total. The summed E-state index contributed by atoms with van der Waals surface area (Å²) in [7, 11) is 0.